The summed E-state index contributed by atoms with van der Waals surface area (Å²) in [5.74, 6) is -0.927. The Morgan fingerprint density at radius 2 is 1.89 bits per heavy atom. The average molecular weight is 356 g/mol. The van der Waals surface area contributed by atoms with Crippen molar-refractivity contribution in [1.29, 1.82) is 5.26 Å². The van der Waals surface area contributed by atoms with Crippen molar-refractivity contribution in [2.45, 2.75) is 0 Å². The van der Waals surface area contributed by atoms with Crippen LogP contribution in [0.1, 0.15) is 5.56 Å². The maximum absolute atomic E-state index is 13.4. The second kappa shape index (κ2) is 5.31. The minimum absolute atomic E-state index is 0.0578. The van der Waals surface area contributed by atoms with Gasteiger partial charge in [0.05, 0.1) is 11.4 Å². The van der Waals surface area contributed by atoms with E-state index < -0.39 is 5.82 Å². The fourth-order valence-corrected chi connectivity index (χ4v) is 2.09. The Morgan fingerprint density at radius 3 is 2.56 bits per heavy atom. The largest absolute Gasteiger partial charge is 0.353 e. The van der Waals surface area contributed by atoms with E-state index in [1.165, 1.54) is 24.3 Å². The first kappa shape index (κ1) is 12.8. The molecule has 0 amide bonds. The first-order chi connectivity index (χ1) is 8.61. The van der Waals surface area contributed by atoms with Gasteiger partial charge in [-0.25, -0.2) is 8.78 Å². The fraction of sp³-hybridized carbons (Fsp3) is 0. The van der Waals surface area contributed by atoms with Gasteiger partial charge in [-0.1, -0.05) is 6.07 Å². The van der Waals surface area contributed by atoms with Crippen molar-refractivity contribution in [3.05, 3.63) is 57.2 Å². The van der Waals surface area contributed by atoms with Gasteiger partial charge in [-0.2, -0.15) is 5.26 Å². The SMILES string of the molecule is N#Cc1c(F)cccc1Nc1ccc(F)cc1I. The molecule has 2 aromatic carbocycles. The van der Waals surface area contributed by atoms with E-state index in [4.69, 9.17) is 5.26 Å². The summed E-state index contributed by atoms with van der Waals surface area (Å²) in [5.41, 5.74) is 0.929. The maximum atomic E-state index is 13.4. The molecule has 1 N–H and O–H groups in total. The van der Waals surface area contributed by atoms with E-state index in [1.807, 2.05) is 22.6 Å². The summed E-state index contributed by atoms with van der Waals surface area (Å²) in [4.78, 5) is 0. The summed E-state index contributed by atoms with van der Waals surface area (Å²) in [6.45, 7) is 0. The van der Waals surface area contributed by atoms with Crippen LogP contribution in [0.25, 0.3) is 0 Å². The highest BCUT2D eigenvalue weighted by atomic mass is 127. The Bertz CT molecular complexity index is 635. The van der Waals surface area contributed by atoms with Crippen molar-refractivity contribution in [1.82, 2.24) is 0 Å². The number of nitrogens with zero attached hydrogens (tertiary/aromatic N) is 1. The lowest BCUT2D eigenvalue weighted by atomic mass is 10.1. The normalized spacial score (nSPS) is 9.89. The summed E-state index contributed by atoms with van der Waals surface area (Å²) < 4.78 is 27.0. The molecule has 0 fully saturated rings. The van der Waals surface area contributed by atoms with Gasteiger partial charge in [0.1, 0.15) is 23.3 Å². The van der Waals surface area contributed by atoms with Gasteiger partial charge in [0, 0.05) is 3.57 Å². The topological polar surface area (TPSA) is 35.8 Å². The van der Waals surface area contributed by atoms with Crippen molar-refractivity contribution in [2.24, 2.45) is 0 Å². The number of nitrogens with one attached hydrogen (secondary N) is 1. The predicted molar refractivity (Wildman–Crippen MR) is 73.5 cm³/mol. The van der Waals surface area contributed by atoms with Crippen LogP contribution in [0.3, 0.4) is 0 Å². The van der Waals surface area contributed by atoms with E-state index in [9.17, 15) is 8.78 Å². The zero-order chi connectivity index (χ0) is 13.1. The third-order valence-corrected chi connectivity index (χ3v) is 3.22. The van der Waals surface area contributed by atoms with Crippen LogP contribution in [0.4, 0.5) is 20.2 Å². The number of benzene rings is 2. The minimum atomic E-state index is -0.584. The second-order valence-electron chi connectivity index (χ2n) is 3.52. The molecule has 18 heavy (non-hydrogen) atoms. The average Bonchev–Trinajstić information content (AvgIpc) is 2.33. The standard InChI is InChI=1S/C13H7F2IN2/c14-8-4-5-13(11(16)6-8)18-12-3-1-2-10(15)9(12)7-17/h1-6,18H. The molecule has 0 unspecified atom stereocenters. The molecule has 0 aromatic heterocycles. The number of hydrogen-bond acceptors (Lipinski definition) is 2. The smallest absolute Gasteiger partial charge is 0.143 e. The highest BCUT2D eigenvalue weighted by Gasteiger charge is 2.09. The number of hydrogen-bond donors (Lipinski definition) is 1. The van der Waals surface area contributed by atoms with E-state index in [1.54, 1.807) is 18.2 Å². The van der Waals surface area contributed by atoms with Crippen LogP contribution in [0.15, 0.2) is 36.4 Å². The first-order valence-corrected chi connectivity index (χ1v) is 6.10. The molecule has 0 spiro atoms. The zero-order valence-electron chi connectivity index (χ0n) is 9.05. The van der Waals surface area contributed by atoms with Crippen LogP contribution in [-0.4, -0.2) is 0 Å². The minimum Gasteiger partial charge on any atom is -0.353 e. The van der Waals surface area contributed by atoms with Gasteiger partial charge >= 0.3 is 0 Å². The highest BCUT2D eigenvalue weighted by molar-refractivity contribution is 14.1. The van der Waals surface area contributed by atoms with Gasteiger partial charge in [-0.15, -0.1) is 0 Å². The lowest BCUT2D eigenvalue weighted by molar-refractivity contribution is 0.624. The summed E-state index contributed by atoms with van der Waals surface area (Å²) in [5, 5.41) is 11.8. The van der Waals surface area contributed by atoms with Gasteiger partial charge in [-0.05, 0) is 52.9 Å². The molecule has 5 heteroatoms. The molecular formula is C13H7F2IN2. The van der Waals surface area contributed by atoms with Crippen LogP contribution in [0.2, 0.25) is 0 Å². The molecule has 0 saturated heterocycles. The molecule has 0 aliphatic carbocycles. The Kier molecular flexibility index (Phi) is 3.77. The predicted octanol–water partition coefficient (Wildman–Crippen LogP) is 4.18. The first-order valence-electron chi connectivity index (χ1n) is 5.02. The highest BCUT2D eigenvalue weighted by Crippen LogP contribution is 2.26. The van der Waals surface area contributed by atoms with Crippen LogP contribution in [-0.2, 0) is 0 Å². The lowest BCUT2D eigenvalue weighted by Crippen LogP contribution is -1.98. The van der Waals surface area contributed by atoms with Gasteiger partial charge in [-0.3, -0.25) is 0 Å². The molecule has 2 nitrogen and oxygen atoms in total. The number of nitriles is 1. The van der Waals surface area contributed by atoms with E-state index in [0.717, 1.165) is 0 Å². The van der Waals surface area contributed by atoms with Gasteiger partial charge in [0.15, 0.2) is 0 Å². The summed E-state index contributed by atoms with van der Waals surface area (Å²) in [6, 6.07) is 10.3. The summed E-state index contributed by atoms with van der Waals surface area (Å²) in [7, 11) is 0. The quantitative estimate of drug-likeness (QED) is 0.820. The zero-order valence-corrected chi connectivity index (χ0v) is 11.2. The van der Waals surface area contributed by atoms with Crippen molar-refractivity contribution < 1.29 is 8.78 Å². The van der Waals surface area contributed by atoms with Crippen LogP contribution in [0.5, 0.6) is 0 Å². The molecule has 0 saturated carbocycles. The molecule has 0 aliphatic rings. The van der Waals surface area contributed by atoms with Crippen LogP contribution < -0.4 is 5.32 Å². The molecule has 0 atom stereocenters. The number of halogens is 3. The maximum Gasteiger partial charge on any atom is 0.143 e. The Labute approximate surface area is 116 Å². The molecule has 0 radical (unpaired) electrons. The Morgan fingerprint density at radius 1 is 1.11 bits per heavy atom. The number of rotatable bonds is 2. The molecule has 90 valence electrons. The van der Waals surface area contributed by atoms with E-state index in [-0.39, 0.29) is 11.4 Å². The molecule has 2 aromatic rings. The van der Waals surface area contributed by atoms with Crippen LogP contribution in [0, 0.1) is 26.5 Å². The van der Waals surface area contributed by atoms with Crippen molar-refractivity contribution in [2.75, 3.05) is 5.32 Å². The summed E-state index contributed by atoms with van der Waals surface area (Å²) in [6.07, 6.45) is 0. The van der Waals surface area contributed by atoms with Crippen molar-refractivity contribution in [3.63, 3.8) is 0 Å². The monoisotopic (exact) mass is 356 g/mol. The summed E-state index contributed by atoms with van der Waals surface area (Å²) >= 11 is 1.97. The molecule has 0 aliphatic heterocycles. The van der Waals surface area contributed by atoms with Gasteiger partial charge in [0.25, 0.3) is 0 Å². The van der Waals surface area contributed by atoms with E-state index in [0.29, 0.717) is 14.9 Å². The number of anilines is 2. The van der Waals surface area contributed by atoms with E-state index in [2.05, 4.69) is 5.32 Å². The molecule has 0 heterocycles. The third-order valence-electron chi connectivity index (χ3n) is 2.33. The third kappa shape index (κ3) is 2.59. The Balaban J connectivity index is 2.41. The second-order valence-corrected chi connectivity index (χ2v) is 4.69. The molecular weight excluding hydrogens is 349 g/mol. The van der Waals surface area contributed by atoms with E-state index >= 15 is 0 Å². The molecule has 2 rings (SSSR count). The molecule has 0 bridgehead atoms. The Hall–Kier alpha value is -1.68. The van der Waals surface area contributed by atoms with Gasteiger partial charge in [0.2, 0.25) is 0 Å². The van der Waals surface area contributed by atoms with Crippen molar-refractivity contribution >= 4 is 34.0 Å². The lowest BCUT2D eigenvalue weighted by Gasteiger charge is -2.10. The van der Waals surface area contributed by atoms with Crippen molar-refractivity contribution in [3.8, 4) is 6.07 Å². The van der Waals surface area contributed by atoms with Gasteiger partial charge < -0.3 is 5.32 Å². The van der Waals surface area contributed by atoms with Crippen LogP contribution >= 0.6 is 22.6 Å². The fourth-order valence-electron chi connectivity index (χ4n) is 1.48.